The average Bonchev–Trinajstić information content (AvgIpc) is 3.49. The van der Waals surface area contributed by atoms with Gasteiger partial charge in [-0.25, -0.2) is 4.79 Å². The van der Waals surface area contributed by atoms with Crippen molar-refractivity contribution in [2.45, 2.75) is 57.7 Å². The number of benzene rings is 1. The van der Waals surface area contributed by atoms with Crippen molar-refractivity contribution in [1.82, 2.24) is 24.1 Å². The van der Waals surface area contributed by atoms with Crippen LogP contribution < -0.4 is 5.69 Å². The van der Waals surface area contributed by atoms with Crippen molar-refractivity contribution >= 4 is 5.52 Å². The van der Waals surface area contributed by atoms with Crippen LogP contribution in [0.2, 0.25) is 0 Å². The van der Waals surface area contributed by atoms with Crippen LogP contribution in [0.15, 0.2) is 53.7 Å². The summed E-state index contributed by atoms with van der Waals surface area (Å²) in [5.74, 6) is 0.679. The molecule has 10 heteroatoms. The topological polar surface area (TPSA) is 82.1 Å². The fraction of sp³-hybridized carbons (Fsp3) is 0.433. The van der Waals surface area contributed by atoms with Gasteiger partial charge < -0.3 is 0 Å². The maximum Gasteiger partial charge on any atom is 0.418 e. The summed E-state index contributed by atoms with van der Waals surface area (Å²) in [4.78, 5) is 15.8. The highest BCUT2D eigenvalue weighted by Gasteiger charge is 2.35. The fourth-order valence-corrected chi connectivity index (χ4v) is 6.37. The van der Waals surface area contributed by atoms with Crippen molar-refractivity contribution in [2.75, 3.05) is 13.1 Å². The summed E-state index contributed by atoms with van der Waals surface area (Å²) in [5, 5.41) is 16.7. The third kappa shape index (κ3) is 4.83. The number of aromatic amines is 1. The predicted molar refractivity (Wildman–Crippen MR) is 144 cm³/mol. The van der Waals surface area contributed by atoms with Gasteiger partial charge in [0.05, 0.1) is 34.2 Å². The Morgan fingerprint density at radius 2 is 2.00 bits per heavy atom. The van der Waals surface area contributed by atoms with Gasteiger partial charge in [0, 0.05) is 31.4 Å². The largest absolute Gasteiger partial charge is 0.418 e. The van der Waals surface area contributed by atoms with Gasteiger partial charge in [0.25, 0.3) is 0 Å². The molecule has 40 heavy (non-hydrogen) atoms. The summed E-state index contributed by atoms with van der Waals surface area (Å²) in [7, 11) is 0. The van der Waals surface area contributed by atoms with Crippen LogP contribution in [0.1, 0.15) is 72.9 Å². The highest BCUT2D eigenvalue weighted by molar-refractivity contribution is 5.58. The molecule has 0 spiro atoms. The van der Waals surface area contributed by atoms with E-state index in [0.29, 0.717) is 35.2 Å². The van der Waals surface area contributed by atoms with E-state index in [4.69, 9.17) is 0 Å². The second-order valence-corrected chi connectivity index (χ2v) is 11.4. The number of piperidine rings is 1. The highest BCUT2D eigenvalue weighted by Crippen LogP contribution is 2.44. The molecule has 0 radical (unpaired) electrons. The van der Waals surface area contributed by atoms with E-state index in [1.54, 1.807) is 18.3 Å². The third-order valence-electron chi connectivity index (χ3n) is 8.51. The monoisotopic (exact) mass is 548 g/mol. The quantitative estimate of drug-likeness (QED) is 0.327. The molecular weight excluding hydrogens is 517 g/mol. The van der Waals surface area contributed by atoms with Gasteiger partial charge in [-0.1, -0.05) is 25.5 Å². The second kappa shape index (κ2) is 10.3. The minimum absolute atomic E-state index is 0.122. The molecular formula is C30H31F3N6O. The lowest BCUT2D eigenvalue weighted by molar-refractivity contribution is -0.136. The van der Waals surface area contributed by atoms with Crippen molar-refractivity contribution < 1.29 is 13.2 Å². The zero-order valence-corrected chi connectivity index (χ0v) is 22.3. The number of likely N-dealkylation sites (tertiary alicyclic amines) is 1. The highest BCUT2D eigenvalue weighted by atomic mass is 19.4. The number of nitriles is 1. The van der Waals surface area contributed by atoms with Gasteiger partial charge in [0.1, 0.15) is 6.07 Å². The summed E-state index contributed by atoms with van der Waals surface area (Å²) in [6.07, 6.45) is 4.96. The molecule has 2 aliphatic rings. The molecule has 2 atom stereocenters. The number of nitrogens with one attached hydrogen (secondary N) is 1. The molecule has 7 nitrogen and oxygen atoms in total. The molecule has 1 N–H and O–H groups in total. The number of nitrogens with zero attached hydrogens (tertiary/aromatic N) is 5. The van der Waals surface area contributed by atoms with Gasteiger partial charge in [-0.05, 0) is 73.4 Å². The molecule has 2 fully saturated rings. The average molecular weight is 549 g/mol. The first-order valence-corrected chi connectivity index (χ1v) is 13.8. The van der Waals surface area contributed by atoms with Crippen molar-refractivity contribution in [3.8, 4) is 11.8 Å². The standard InChI is InChI=1S/C30H31F3N6O/c1-19-5-4-10-37(15-19)16-20-11-25(30(31,32)33)26-18-38(29(40)39(26)17-20)24-9-3-8-22(12-24)27(21-6-2-7-21)28-23(13-34)14-35-36-28/h3,8-9,11-12,14,17-19,21,27H,2,4-7,10,15-16H2,1H3,(H,35,36)/t19-,27+/m0/s1. The molecule has 4 heterocycles. The Kier molecular flexibility index (Phi) is 6.78. The first-order valence-electron chi connectivity index (χ1n) is 13.8. The summed E-state index contributed by atoms with van der Waals surface area (Å²) in [6.45, 7) is 4.18. The molecule has 0 bridgehead atoms. The van der Waals surface area contributed by atoms with Crippen LogP contribution >= 0.6 is 0 Å². The van der Waals surface area contributed by atoms with Crippen molar-refractivity contribution in [3.05, 3.63) is 87.4 Å². The minimum atomic E-state index is -4.61. The van der Waals surface area contributed by atoms with Crippen LogP contribution in [0.4, 0.5) is 13.2 Å². The number of alkyl halides is 3. The zero-order valence-electron chi connectivity index (χ0n) is 22.3. The van der Waals surface area contributed by atoms with Crippen molar-refractivity contribution in [2.24, 2.45) is 11.8 Å². The van der Waals surface area contributed by atoms with Gasteiger partial charge in [0.15, 0.2) is 0 Å². The Balaban J connectivity index is 1.43. The number of halogens is 3. The summed E-state index contributed by atoms with van der Waals surface area (Å²) < 4.78 is 45.1. The van der Waals surface area contributed by atoms with E-state index in [0.717, 1.165) is 60.9 Å². The lowest BCUT2D eigenvalue weighted by Gasteiger charge is -2.34. The Labute approximate surface area is 229 Å². The zero-order chi connectivity index (χ0) is 28.0. The van der Waals surface area contributed by atoms with Crippen molar-refractivity contribution in [1.29, 1.82) is 5.26 Å². The second-order valence-electron chi connectivity index (χ2n) is 11.4. The summed E-state index contributed by atoms with van der Waals surface area (Å²) in [6, 6.07) is 10.7. The number of aromatic nitrogens is 4. The van der Waals surface area contributed by atoms with Crippen LogP contribution in [0.25, 0.3) is 11.2 Å². The molecule has 6 rings (SSSR count). The Bertz CT molecular complexity index is 1640. The number of pyridine rings is 1. The Hall–Kier alpha value is -3.84. The third-order valence-corrected chi connectivity index (χ3v) is 8.51. The molecule has 0 amide bonds. The van der Waals surface area contributed by atoms with Gasteiger partial charge in [-0.15, -0.1) is 0 Å². The molecule has 1 aromatic carbocycles. The first-order chi connectivity index (χ1) is 19.2. The first kappa shape index (κ1) is 26.4. The number of H-pyrrole nitrogens is 1. The van der Waals surface area contributed by atoms with Crippen molar-refractivity contribution in [3.63, 3.8) is 0 Å². The van der Waals surface area contributed by atoms with Crippen LogP contribution in [0.3, 0.4) is 0 Å². The molecule has 4 aromatic rings. The lowest BCUT2D eigenvalue weighted by Crippen LogP contribution is -2.34. The summed E-state index contributed by atoms with van der Waals surface area (Å²) >= 11 is 0. The van der Waals surface area contributed by atoms with E-state index in [-0.39, 0.29) is 11.4 Å². The van der Waals surface area contributed by atoms with Gasteiger partial charge in [-0.3, -0.25) is 19.0 Å². The SMILES string of the molecule is C[C@H]1CCCN(Cc2cc(C(F)(F)F)c3cn(-c4cccc([C@H](c5[nH]ncc5C#N)C5CCC5)c4)c(=O)n3c2)C1. The van der Waals surface area contributed by atoms with Gasteiger partial charge in [-0.2, -0.15) is 23.5 Å². The normalized spacial score (nSPS) is 19.4. The van der Waals surface area contributed by atoms with E-state index in [1.165, 1.54) is 23.0 Å². The number of rotatable bonds is 6. The number of hydrogen-bond acceptors (Lipinski definition) is 4. The van der Waals surface area contributed by atoms with E-state index in [1.807, 2.05) is 12.1 Å². The van der Waals surface area contributed by atoms with Gasteiger partial charge in [0.2, 0.25) is 0 Å². The van der Waals surface area contributed by atoms with E-state index >= 15 is 0 Å². The Morgan fingerprint density at radius 3 is 2.70 bits per heavy atom. The molecule has 1 aliphatic heterocycles. The predicted octanol–water partition coefficient (Wildman–Crippen LogP) is 5.87. The smallest absolute Gasteiger partial charge is 0.299 e. The number of fused-ring (bicyclic) bond motifs is 1. The maximum atomic E-state index is 14.2. The van der Waals surface area contributed by atoms with Crippen LogP contribution in [-0.2, 0) is 12.7 Å². The van der Waals surface area contributed by atoms with Crippen LogP contribution in [-0.4, -0.2) is 37.2 Å². The Morgan fingerprint density at radius 1 is 1.18 bits per heavy atom. The molecule has 1 saturated carbocycles. The van der Waals surface area contributed by atoms with Crippen LogP contribution in [0.5, 0.6) is 0 Å². The lowest BCUT2D eigenvalue weighted by atomic mass is 9.71. The molecule has 3 aromatic heterocycles. The van der Waals surface area contributed by atoms with Crippen LogP contribution in [0, 0.1) is 23.2 Å². The maximum absolute atomic E-state index is 14.2. The van der Waals surface area contributed by atoms with E-state index in [9.17, 15) is 23.2 Å². The molecule has 1 aliphatic carbocycles. The minimum Gasteiger partial charge on any atom is -0.299 e. The van der Waals surface area contributed by atoms with Gasteiger partial charge >= 0.3 is 11.9 Å². The van der Waals surface area contributed by atoms with E-state index in [2.05, 4.69) is 28.1 Å². The number of hydrogen-bond donors (Lipinski definition) is 1. The summed E-state index contributed by atoms with van der Waals surface area (Å²) in [5.41, 5.74) is 1.50. The van der Waals surface area contributed by atoms with E-state index < -0.39 is 17.4 Å². The number of imidazole rings is 1. The molecule has 1 saturated heterocycles. The molecule has 0 unspecified atom stereocenters. The molecule has 208 valence electrons. The fourth-order valence-electron chi connectivity index (χ4n) is 6.37.